The number of hydrogen-bond acceptors (Lipinski definition) is 10. The third-order valence-corrected chi connectivity index (χ3v) is 24.4. The Kier molecular flexibility index (Phi) is 37.3. The van der Waals surface area contributed by atoms with Crippen LogP contribution in [0, 0.1) is 85.2 Å². The minimum atomic E-state index is -2.96. The molecule has 7 aliphatic rings. The van der Waals surface area contributed by atoms with Gasteiger partial charge in [-0.25, -0.2) is 12.7 Å². The van der Waals surface area contributed by atoms with Gasteiger partial charge in [-0.05, 0) is 240 Å². The molecule has 6 atom stereocenters. The SMILES string of the molecule is CC(C)(C)C1CCN(Cc2ccccc2)CC1.CC(C)(C)C1CCN(S(C)(=O)=O)CC1.CC(C)(C)C1CCNC[C@@H]1C(=O)O.CC(C)(C)C1CCNC[C@@H]1Cc1ccccc1.CC(C)(C)CC1CCCOC1.CC(C)(C)CC1CN(Cc2ccccc2)CCO1.CC1(C)CC(C(C)(C)C)CC(C)(C)N1. The van der Waals surface area contributed by atoms with Crippen molar-refractivity contribution in [3.8, 4) is 0 Å². The number of carboxylic acids is 1. The highest BCUT2D eigenvalue weighted by molar-refractivity contribution is 7.88. The van der Waals surface area contributed by atoms with Crippen LogP contribution < -0.4 is 16.0 Å². The summed E-state index contributed by atoms with van der Waals surface area (Å²) in [5, 5.41) is 19.5. The van der Waals surface area contributed by atoms with Gasteiger partial charge >= 0.3 is 5.97 Å². The van der Waals surface area contributed by atoms with Crippen LogP contribution in [0.1, 0.15) is 267 Å². The van der Waals surface area contributed by atoms with Crippen LogP contribution in [-0.4, -0.2) is 142 Å². The number of carboxylic acid groups (broad SMARTS) is 1. The molecule has 0 radical (unpaired) electrons. The van der Waals surface area contributed by atoms with Crippen LogP contribution in [0.2, 0.25) is 0 Å². The molecule has 7 saturated heterocycles. The molecular weight excluding hydrogens is 1310 g/mol. The maximum atomic E-state index is 11.3. The first kappa shape index (κ1) is 93.1. The number of likely N-dealkylation sites (tertiary alicyclic amines) is 1. The number of morpholine rings is 1. The minimum Gasteiger partial charge on any atom is -0.481 e. The molecule has 0 amide bonds. The number of ether oxygens (including phenoxy) is 2. The number of benzene rings is 3. The molecular formula is C91H162N6O6S. The van der Waals surface area contributed by atoms with E-state index in [1.807, 2.05) is 0 Å². The molecule has 12 nitrogen and oxygen atoms in total. The lowest BCUT2D eigenvalue weighted by atomic mass is 9.66. The van der Waals surface area contributed by atoms with E-state index in [0.29, 0.717) is 81.1 Å². The smallest absolute Gasteiger partial charge is 0.308 e. The molecule has 598 valence electrons. The summed E-state index contributed by atoms with van der Waals surface area (Å²) in [7, 11) is -2.96. The lowest BCUT2D eigenvalue weighted by Crippen LogP contribution is -2.59. The lowest BCUT2D eigenvalue weighted by molar-refractivity contribution is -0.146. The molecule has 7 fully saturated rings. The monoisotopic (exact) mass is 1470 g/mol. The number of nitrogens with one attached hydrogen (secondary N) is 3. The molecule has 7 heterocycles. The standard InChI is InChI=1S/C16H25NO.2C16H25N.C13H27N.C10H21NO2S.C10H19NO2.C10H20O/c1-16(2,3)11-15-13-17(9-10-18-15)12-14-7-5-4-6-8-14;1-16(2,3)15-9-11-17(12-10-15)13-14-7-5-4-6-8-14;1-16(2,3)15-9-10-17-12-14(15)11-13-7-5-4-6-8-13;1-11(2,3)10-8-12(4,5)14-13(6,7)9-10;1-10(2,3)9-5-7-11(8-6-9)14(4,12)13;1-10(2,3)8-4-5-11-6-7(8)9(12)13;1-10(2,3)7-9-5-4-6-11-8-9/h4-8,15H,9-13H2,1-3H3;4-8,15H,9-13H2,1-3H3;4-8,14-15,17H,9-12H2,1-3H3;10,14H,8-9H2,1-7H3;9H,5-8H2,1-4H3;7-8,11H,4-6H2,1-3H3,(H,12,13);9H,4-8H2,1-3H3/t;;14-,15?;;;7-,8?;/m..0..0./s1. The van der Waals surface area contributed by atoms with Crippen molar-refractivity contribution in [3.05, 3.63) is 108 Å². The van der Waals surface area contributed by atoms with Crippen LogP contribution >= 0.6 is 0 Å². The summed E-state index contributed by atoms with van der Waals surface area (Å²) < 4.78 is 35.4. The number of sulfonamides is 1. The van der Waals surface area contributed by atoms with Crippen molar-refractivity contribution in [2.45, 2.75) is 287 Å². The fourth-order valence-corrected chi connectivity index (χ4v) is 18.4. The first-order valence-corrected chi connectivity index (χ1v) is 42.9. The van der Waals surface area contributed by atoms with E-state index in [9.17, 15) is 13.2 Å². The van der Waals surface area contributed by atoms with Crippen LogP contribution in [0.5, 0.6) is 0 Å². The van der Waals surface area contributed by atoms with E-state index in [4.69, 9.17) is 14.6 Å². The van der Waals surface area contributed by atoms with Gasteiger partial charge in [0.2, 0.25) is 10.0 Å². The molecule has 0 saturated carbocycles. The van der Waals surface area contributed by atoms with Gasteiger partial charge in [0.25, 0.3) is 0 Å². The van der Waals surface area contributed by atoms with E-state index in [0.717, 1.165) is 108 Å². The van der Waals surface area contributed by atoms with Crippen molar-refractivity contribution in [2.24, 2.45) is 85.2 Å². The molecule has 10 rings (SSSR count). The number of rotatable bonds is 10. The Bertz CT molecular complexity index is 2910. The zero-order valence-corrected chi connectivity index (χ0v) is 72.7. The number of carbonyl (C=O) groups is 1. The van der Waals surface area contributed by atoms with Gasteiger partial charge in [-0.1, -0.05) is 236 Å². The Hall–Kier alpha value is -3.24. The van der Waals surface area contributed by atoms with Gasteiger partial charge in [-0.2, -0.15) is 0 Å². The van der Waals surface area contributed by atoms with E-state index in [2.05, 4.69) is 290 Å². The predicted molar refractivity (Wildman–Crippen MR) is 445 cm³/mol. The largest absolute Gasteiger partial charge is 0.481 e. The van der Waals surface area contributed by atoms with Gasteiger partial charge in [-0.15, -0.1) is 0 Å². The molecule has 0 aliphatic carbocycles. The van der Waals surface area contributed by atoms with Crippen LogP contribution in [0.25, 0.3) is 0 Å². The molecule has 0 bridgehead atoms. The van der Waals surface area contributed by atoms with Crippen molar-refractivity contribution < 1.29 is 27.8 Å². The molecule has 0 aromatic heterocycles. The molecule has 4 unspecified atom stereocenters. The second-order valence-electron chi connectivity index (χ2n) is 41.7. The fraction of sp³-hybridized carbons (Fsp3) is 0.791. The van der Waals surface area contributed by atoms with Gasteiger partial charge in [0, 0.05) is 70.1 Å². The summed E-state index contributed by atoms with van der Waals surface area (Å²) in [6, 6.07) is 32.5. The molecule has 7 aliphatic heterocycles. The Morgan fingerprint density at radius 3 is 1.35 bits per heavy atom. The zero-order chi connectivity index (χ0) is 78.2. The van der Waals surface area contributed by atoms with Crippen LogP contribution in [0.15, 0.2) is 91.0 Å². The summed E-state index contributed by atoms with van der Waals surface area (Å²) in [6.45, 7) is 72.5. The highest BCUT2D eigenvalue weighted by Crippen LogP contribution is 2.44. The van der Waals surface area contributed by atoms with E-state index < -0.39 is 16.0 Å². The Balaban J connectivity index is 0.000000258. The highest BCUT2D eigenvalue weighted by atomic mass is 32.2. The minimum absolute atomic E-state index is 0.102. The Morgan fingerprint density at radius 2 is 0.942 bits per heavy atom. The molecule has 104 heavy (non-hydrogen) atoms. The van der Waals surface area contributed by atoms with Crippen molar-refractivity contribution >= 4 is 16.0 Å². The maximum absolute atomic E-state index is 11.3. The van der Waals surface area contributed by atoms with Gasteiger partial charge in [0.1, 0.15) is 0 Å². The number of aliphatic carboxylic acids is 1. The average Bonchev–Trinajstić information content (AvgIpc) is 0.787. The van der Waals surface area contributed by atoms with E-state index in [1.165, 1.54) is 107 Å². The van der Waals surface area contributed by atoms with Crippen molar-refractivity contribution in [1.82, 2.24) is 30.1 Å². The normalized spacial score (nSPS) is 24.6. The Morgan fingerprint density at radius 1 is 0.510 bits per heavy atom. The number of hydrogen-bond donors (Lipinski definition) is 4. The first-order chi connectivity index (χ1) is 47.9. The fourth-order valence-electron chi connectivity index (χ4n) is 17.5. The first-order valence-electron chi connectivity index (χ1n) is 41.0. The van der Waals surface area contributed by atoms with Crippen molar-refractivity contribution in [3.63, 3.8) is 0 Å². The summed E-state index contributed by atoms with van der Waals surface area (Å²) in [5.74, 6) is 4.25. The highest BCUT2D eigenvalue weighted by Gasteiger charge is 2.43. The summed E-state index contributed by atoms with van der Waals surface area (Å²) >= 11 is 0. The molecule has 13 heteroatoms. The topological polar surface area (TPSA) is 136 Å². The van der Waals surface area contributed by atoms with Gasteiger partial charge in [-0.3, -0.25) is 14.6 Å². The quantitative estimate of drug-likeness (QED) is 0.154. The van der Waals surface area contributed by atoms with E-state index >= 15 is 0 Å². The van der Waals surface area contributed by atoms with Gasteiger partial charge < -0.3 is 30.5 Å². The molecule has 3 aromatic carbocycles. The average molecular weight is 1470 g/mol. The third-order valence-electron chi connectivity index (χ3n) is 23.1. The molecule has 3 aromatic rings. The van der Waals surface area contributed by atoms with E-state index in [-0.39, 0.29) is 11.3 Å². The Labute approximate surface area is 641 Å². The lowest BCUT2D eigenvalue weighted by Gasteiger charge is -2.50. The van der Waals surface area contributed by atoms with Gasteiger partial charge in [0.15, 0.2) is 0 Å². The second kappa shape index (κ2) is 41.7. The van der Waals surface area contributed by atoms with Crippen LogP contribution in [0.3, 0.4) is 0 Å². The van der Waals surface area contributed by atoms with Gasteiger partial charge in [0.05, 0.1) is 24.9 Å². The zero-order valence-electron chi connectivity index (χ0n) is 71.9. The summed E-state index contributed by atoms with van der Waals surface area (Å²) in [6.07, 6.45) is 17.6. The van der Waals surface area contributed by atoms with Crippen molar-refractivity contribution in [2.75, 3.05) is 91.5 Å². The number of nitrogens with zero attached hydrogens (tertiary/aromatic N) is 3. The third kappa shape index (κ3) is 37.4. The predicted octanol–water partition coefficient (Wildman–Crippen LogP) is 20.3. The van der Waals surface area contributed by atoms with Crippen LogP contribution in [-0.2, 0) is 43.8 Å². The van der Waals surface area contributed by atoms with Crippen LogP contribution in [0.4, 0.5) is 0 Å². The second-order valence-corrected chi connectivity index (χ2v) is 43.7. The summed E-state index contributed by atoms with van der Waals surface area (Å²) in [4.78, 5) is 16.1. The molecule has 0 spiro atoms. The van der Waals surface area contributed by atoms with E-state index in [1.54, 1.807) is 4.31 Å². The molecule has 4 N–H and O–H groups in total. The summed E-state index contributed by atoms with van der Waals surface area (Å²) in [5.41, 5.74) is 7.50. The maximum Gasteiger partial charge on any atom is 0.308 e. The number of piperidine rings is 5. The van der Waals surface area contributed by atoms with Crippen molar-refractivity contribution in [1.29, 1.82) is 0 Å².